The number of hydrogen-bond acceptors (Lipinski definition) is 3. The van der Waals surface area contributed by atoms with E-state index in [1.165, 1.54) is 12.1 Å². The summed E-state index contributed by atoms with van der Waals surface area (Å²) >= 11 is 0. The molecule has 1 fully saturated rings. The van der Waals surface area contributed by atoms with Gasteiger partial charge in [0.15, 0.2) is 0 Å². The van der Waals surface area contributed by atoms with Crippen molar-refractivity contribution in [3.05, 3.63) is 29.3 Å². The maximum atomic E-state index is 13.0. The molecule has 0 spiro atoms. The van der Waals surface area contributed by atoms with Crippen LogP contribution in [-0.4, -0.2) is 43.1 Å². The first-order valence-corrected chi connectivity index (χ1v) is 6.33. The third kappa shape index (κ3) is 2.11. The lowest BCUT2D eigenvalue weighted by Crippen LogP contribution is -2.54. The summed E-state index contributed by atoms with van der Waals surface area (Å²) in [5.41, 5.74) is -0.902. The molecule has 108 valence electrons. The summed E-state index contributed by atoms with van der Waals surface area (Å²) in [7, 11) is 0. The van der Waals surface area contributed by atoms with Crippen LogP contribution in [0.3, 0.4) is 0 Å². The number of rotatable bonds is 0. The van der Waals surface area contributed by atoms with Gasteiger partial charge in [0.25, 0.3) is 5.91 Å². The fraction of sp³-hybridized carbons (Fsp3) is 0.462. The third-order valence-electron chi connectivity index (χ3n) is 3.58. The first-order valence-electron chi connectivity index (χ1n) is 6.33. The lowest BCUT2D eigenvalue weighted by molar-refractivity contribution is -0.139. The van der Waals surface area contributed by atoms with Gasteiger partial charge in [-0.3, -0.25) is 4.79 Å². The number of fused-ring (bicyclic) bond motifs is 2. The van der Waals surface area contributed by atoms with Gasteiger partial charge >= 0.3 is 6.18 Å². The number of hydrogen-bond donors (Lipinski definition) is 1. The minimum absolute atomic E-state index is 0.00998. The van der Waals surface area contributed by atoms with Crippen molar-refractivity contribution in [2.45, 2.75) is 12.2 Å². The molecule has 1 aromatic carbocycles. The van der Waals surface area contributed by atoms with E-state index in [4.69, 9.17) is 4.74 Å². The summed E-state index contributed by atoms with van der Waals surface area (Å²) in [6, 6.07) is 3.34. The molecule has 2 heterocycles. The van der Waals surface area contributed by atoms with E-state index < -0.39 is 17.6 Å². The molecule has 1 saturated heterocycles. The smallest absolute Gasteiger partial charge is 0.419 e. The zero-order chi connectivity index (χ0) is 14.3. The minimum Gasteiger partial charge on any atom is -0.490 e. The van der Waals surface area contributed by atoms with E-state index in [0.717, 1.165) is 6.07 Å². The van der Waals surface area contributed by atoms with Crippen LogP contribution in [0.25, 0.3) is 0 Å². The van der Waals surface area contributed by atoms with Gasteiger partial charge in [0.05, 0.1) is 17.2 Å². The molecule has 4 nitrogen and oxygen atoms in total. The molecule has 0 aromatic heterocycles. The summed E-state index contributed by atoms with van der Waals surface area (Å²) in [5.74, 6) is -0.741. The van der Waals surface area contributed by atoms with E-state index in [9.17, 15) is 18.0 Å². The second kappa shape index (κ2) is 4.66. The molecular weight excluding hydrogens is 273 g/mol. The van der Waals surface area contributed by atoms with Crippen molar-refractivity contribution >= 4 is 5.91 Å². The normalized spacial score (nSPS) is 22.6. The number of nitrogens with one attached hydrogen (secondary N) is 1. The van der Waals surface area contributed by atoms with Crippen LogP contribution in [0.15, 0.2) is 18.2 Å². The highest BCUT2D eigenvalue weighted by molar-refractivity contribution is 5.98. The molecule has 0 radical (unpaired) electrons. The van der Waals surface area contributed by atoms with Gasteiger partial charge in [0.2, 0.25) is 0 Å². The lowest BCUT2D eigenvalue weighted by atomic mass is 10.1. The molecule has 1 amide bonds. The first kappa shape index (κ1) is 13.2. The van der Waals surface area contributed by atoms with Crippen molar-refractivity contribution in [2.75, 3.05) is 26.2 Å². The van der Waals surface area contributed by atoms with Crippen molar-refractivity contribution in [3.8, 4) is 5.75 Å². The number of para-hydroxylation sites is 1. The lowest BCUT2D eigenvalue weighted by Gasteiger charge is -2.33. The Hall–Kier alpha value is -1.76. The average Bonchev–Trinajstić information content (AvgIpc) is 2.56. The Kier molecular flexibility index (Phi) is 3.08. The van der Waals surface area contributed by atoms with E-state index >= 15 is 0 Å². The number of carbonyl (C=O) groups excluding carboxylic acids is 1. The van der Waals surface area contributed by atoms with Crippen molar-refractivity contribution in [3.63, 3.8) is 0 Å². The number of benzene rings is 1. The largest absolute Gasteiger partial charge is 0.490 e. The summed E-state index contributed by atoms with van der Waals surface area (Å²) in [6.45, 7) is 1.71. The maximum absolute atomic E-state index is 13.0. The van der Waals surface area contributed by atoms with Gasteiger partial charge in [-0.25, -0.2) is 0 Å². The number of piperazine rings is 1. The SMILES string of the molecule is O=C1c2cccc(C(F)(F)F)c2OCC2CNCCN12. The van der Waals surface area contributed by atoms with Crippen LogP contribution in [0.2, 0.25) is 0 Å². The molecule has 0 saturated carbocycles. The second-order valence-corrected chi connectivity index (χ2v) is 4.85. The van der Waals surface area contributed by atoms with Crippen LogP contribution in [0.1, 0.15) is 15.9 Å². The molecule has 1 N–H and O–H groups in total. The summed E-state index contributed by atoms with van der Waals surface area (Å²) in [6.07, 6.45) is -4.53. The van der Waals surface area contributed by atoms with Gasteiger partial charge in [-0.15, -0.1) is 0 Å². The number of alkyl halides is 3. The third-order valence-corrected chi connectivity index (χ3v) is 3.58. The molecule has 0 bridgehead atoms. The Morgan fingerprint density at radius 1 is 1.35 bits per heavy atom. The molecule has 0 aliphatic carbocycles. The van der Waals surface area contributed by atoms with Gasteiger partial charge in [-0.2, -0.15) is 13.2 Å². The number of halogens is 3. The predicted octanol–water partition coefficient (Wildman–Crippen LogP) is 1.51. The fourth-order valence-electron chi connectivity index (χ4n) is 2.60. The summed E-state index contributed by atoms with van der Waals surface area (Å²) in [5, 5.41) is 3.11. The fourth-order valence-corrected chi connectivity index (χ4v) is 2.60. The Balaban J connectivity index is 2.07. The van der Waals surface area contributed by atoms with Crippen LogP contribution in [0.4, 0.5) is 13.2 Å². The Labute approximate surface area is 113 Å². The molecule has 2 aliphatic rings. The molecule has 20 heavy (non-hydrogen) atoms. The van der Waals surface area contributed by atoms with E-state index in [1.54, 1.807) is 4.90 Å². The van der Waals surface area contributed by atoms with Gasteiger partial charge in [-0.1, -0.05) is 6.07 Å². The molecule has 1 atom stereocenters. The maximum Gasteiger partial charge on any atom is 0.419 e. The highest BCUT2D eigenvalue weighted by Gasteiger charge is 2.40. The van der Waals surface area contributed by atoms with E-state index in [1.807, 2.05) is 0 Å². The Morgan fingerprint density at radius 3 is 2.90 bits per heavy atom. The molecule has 1 unspecified atom stereocenters. The molecule has 1 aromatic rings. The van der Waals surface area contributed by atoms with Crippen molar-refractivity contribution in [1.82, 2.24) is 10.2 Å². The second-order valence-electron chi connectivity index (χ2n) is 4.85. The van der Waals surface area contributed by atoms with Crippen LogP contribution in [-0.2, 0) is 6.18 Å². The average molecular weight is 286 g/mol. The van der Waals surface area contributed by atoms with Gasteiger partial charge in [0.1, 0.15) is 12.4 Å². The van der Waals surface area contributed by atoms with Gasteiger partial charge in [0, 0.05) is 19.6 Å². The minimum atomic E-state index is -4.53. The monoisotopic (exact) mass is 286 g/mol. The van der Waals surface area contributed by atoms with Crippen molar-refractivity contribution in [1.29, 1.82) is 0 Å². The Morgan fingerprint density at radius 2 is 2.15 bits per heavy atom. The first-order chi connectivity index (χ1) is 9.48. The number of amides is 1. The Bertz CT molecular complexity index is 545. The van der Waals surface area contributed by atoms with Gasteiger partial charge in [-0.05, 0) is 12.1 Å². The van der Waals surface area contributed by atoms with Crippen LogP contribution in [0, 0.1) is 0 Å². The number of carbonyl (C=O) groups is 1. The number of ether oxygens (including phenoxy) is 1. The van der Waals surface area contributed by atoms with Crippen LogP contribution < -0.4 is 10.1 Å². The van der Waals surface area contributed by atoms with Crippen LogP contribution >= 0.6 is 0 Å². The quantitative estimate of drug-likeness (QED) is 0.786. The van der Waals surface area contributed by atoms with Crippen molar-refractivity contribution < 1.29 is 22.7 Å². The zero-order valence-corrected chi connectivity index (χ0v) is 10.5. The van der Waals surface area contributed by atoms with Gasteiger partial charge < -0.3 is 15.0 Å². The van der Waals surface area contributed by atoms with Crippen LogP contribution in [0.5, 0.6) is 5.75 Å². The molecule has 2 aliphatic heterocycles. The highest BCUT2D eigenvalue weighted by Crippen LogP contribution is 2.39. The number of nitrogens with zero attached hydrogens (tertiary/aromatic N) is 1. The van der Waals surface area contributed by atoms with Crippen molar-refractivity contribution in [2.24, 2.45) is 0 Å². The standard InChI is InChI=1S/C13H13F3N2O2/c14-13(15,16)10-3-1-2-9-11(10)20-7-8-6-17-4-5-18(8)12(9)19/h1-3,8,17H,4-7H2. The van der Waals surface area contributed by atoms with E-state index in [0.29, 0.717) is 19.6 Å². The summed E-state index contributed by atoms with van der Waals surface area (Å²) < 4.78 is 44.3. The molecule has 7 heteroatoms. The molecular formula is C13H13F3N2O2. The topological polar surface area (TPSA) is 41.6 Å². The molecule has 3 rings (SSSR count). The zero-order valence-electron chi connectivity index (χ0n) is 10.5. The highest BCUT2D eigenvalue weighted by atomic mass is 19.4. The summed E-state index contributed by atoms with van der Waals surface area (Å²) in [4.78, 5) is 14.0. The van der Waals surface area contributed by atoms with E-state index in [2.05, 4.69) is 5.32 Å². The van der Waals surface area contributed by atoms with E-state index in [-0.39, 0.29) is 24.0 Å². The predicted molar refractivity (Wildman–Crippen MR) is 64.6 cm³/mol.